The second-order valence-corrected chi connectivity index (χ2v) is 6.24. The predicted octanol–water partition coefficient (Wildman–Crippen LogP) is 4.02. The molecule has 9 nitrogen and oxygen atoms in total. The summed E-state index contributed by atoms with van der Waals surface area (Å²) in [5.41, 5.74) is 0.411. The zero-order valence-corrected chi connectivity index (χ0v) is 15.7. The molecule has 9 heteroatoms. The van der Waals surface area contributed by atoms with E-state index in [0.717, 1.165) is 0 Å². The van der Waals surface area contributed by atoms with E-state index in [9.17, 15) is 14.9 Å². The Hall–Kier alpha value is -4.45. The summed E-state index contributed by atoms with van der Waals surface area (Å²) in [4.78, 5) is 24.7. The number of rotatable bonds is 6. The number of nitrogens with zero attached hydrogens (tertiary/aromatic N) is 1. The predicted molar refractivity (Wildman–Crippen MR) is 103 cm³/mol. The van der Waals surface area contributed by atoms with E-state index in [0.29, 0.717) is 17.1 Å². The number of hydrogen-bond acceptors (Lipinski definition) is 7. The summed E-state index contributed by atoms with van der Waals surface area (Å²) in [5, 5.41) is 14.8. The number of carbonyl (C=O) groups is 2. The van der Waals surface area contributed by atoms with Crippen LogP contribution in [0.5, 0.6) is 0 Å². The lowest BCUT2D eigenvalue weighted by Gasteiger charge is -2.12. The number of furan rings is 4. The van der Waals surface area contributed by atoms with E-state index >= 15 is 0 Å². The van der Waals surface area contributed by atoms with Crippen LogP contribution < -0.4 is 10.6 Å². The first-order valence-electron chi connectivity index (χ1n) is 8.88. The van der Waals surface area contributed by atoms with E-state index < -0.39 is 17.9 Å². The monoisotopic (exact) mass is 405 g/mol. The summed E-state index contributed by atoms with van der Waals surface area (Å²) in [7, 11) is 0. The molecule has 0 aliphatic heterocycles. The third kappa shape index (κ3) is 3.49. The van der Waals surface area contributed by atoms with Gasteiger partial charge in [-0.2, -0.15) is 5.26 Å². The highest BCUT2D eigenvalue weighted by molar-refractivity contribution is 6.01. The van der Waals surface area contributed by atoms with Crippen LogP contribution in [0, 0.1) is 11.3 Å². The maximum absolute atomic E-state index is 12.6. The van der Waals surface area contributed by atoms with Crippen molar-refractivity contribution in [3.05, 3.63) is 66.5 Å². The number of amides is 2. The van der Waals surface area contributed by atoms with E-state index in [2.05, 4.69) is 10.6 Å². The first-order valence-corrected chi connectivity index (χ1v) is 8.88. The molecular weight excluding hydrogens is 390 g/mol. The molecule has 4 aromatic rings. The highest BCUT2D eigenvalue weighted by Crippen LogP contribution is 2.41. The molecule has 1 atom stereocenters. The van der Waals surface area contributed by atoms with Crippen molar-refractivity contribution < 1.29 is 27.3 Å². The van der Waals surface area contributed by atoms with Crippen LogP contribution >= 0.6 is 0 Å². The van der Waals surface area contributed by atoms with Gasteiger partial charge in [-0.3, -0.25) is 14.9 Å². The van der Waals surface area contributed by atoms with Gasteiger partial charge in [0.2, 0.25) is 11.8 Å². The summed E-state index contributed by atoms with van der Waals surface area (Å²) in [6, 6.07) is 10.8. The normalized spacial score (nSPS) is 11.6. The van der Waals surface area contributed by atoms with E-state index in [1.807, 2.05) is 6.07 Å². The van der Waals surface area contributed by atoms with E-state index in [1.54, 1.807) is 30.3 Å². The summed E-state index contributed by atoms with van der Waals surface area (Å²) in [6.45, 7) is 1.49. The highest BCUT2D eigenvalue weighted by Gasteiger charge is 2.28. The molecule has 0 spiro atoms. The minimum absolute atomic E-state index is 0.0641. The molecule has 0 saturated carbocycles. The van der Waals surface area contributed by atoms with Crippen LogP contribution in [0.15, 0.2) is 72.9 Å². The van der Waals surface area contributed by atoms with Gasteiger partial charge in [-0.05, 0) is 43.3 Å². The van der Waals surface area contributed by atoms with Crippen molar-refractivity contribution in [3.63, 3.8) is 0 Å². The van der Waals surface area contributed by atoms with Crippen molar-refractivity contribution in [2.45, 2.75) is 13.0 Å². The highest BCUT2D eigenvalue weighted by atomic mass is 16.4. The average Bonchev–Trinajstić information content (AvgIpc) is 3.54. The van der Waals surface area contributed by atoms with Crippen LogP contribution in [0.4, 0.5) is 5.88 Å². The van der Waals surface area contributed by atoms with Gasteiger partial charge in [0.05, 0.1) is 24.4 Å². The van der Waals surface area contributed by atoms with Crippen molar-refractivity contribution in [1.29, 1.82) is 5.26 Å². The van der Waals surface area contributed by atoms with Crippen molar-refractivity contribution in [2.24, 2.45) is 0 Å². The Morgan fingerprint density at radius 1 is 1.00 bits per heavy atom. The lowest BCUT2D eigenvalue weighted by molar-refractivity contribution is -0.117. The standard InChI is InChI=1S/C21H15N3O6/c1-12(23-20(26)16-7-4-10-29-16)19(25)24-21-13(11-22)17(14-5-2-8-27-14)18(30-21)15-6-3-9-28-15/h2-10,12H,1H3,(H,23,26)(H,24,25)/t12-/m0/s1. The van der Waals surface area contributed by atoms with Crippen LogP contribution in [0.2, 0.25) is 0 Å². The lowest BCUT2D eigenvalue weighted by Crippen LogP contribution is -2.41. The van der Waals surface area contributed by atoms with Gasteiger partial charge in [0.1, 0.15) is 23.4 Å². The number of nitriles is 1. The number of nitrogens with one attached hydrogen (secondary N) is 2. The molecular formula is C21H15N3O6. The summed E-state index contributed by atoms with van der Waals surface area (Å²) >= 11 is 0. The summed E-state index contributed by atoms with van der Waals surface area (Å²) in [6.07, 6.45) is 4.27. The Morgan fingerprint density at radius 3 is 2.27 bits per heavy atom. The van der Waals surface area contributed by atoms with Crippen LogP contribution in [-0.2, 0) is 4.79 Å². The molecule has 0 aliphatic rings. The second-order valence-electron chi connectivity index (χ2n) is 6.24. The number of carbonyl (C=O) groups excluding carboxylic acids is 2. The van der Waals surface area contributed by atoms with Crippen molar-refractivity contribution in [1.82, 2.24) is 5.32 Å². The summed E-state index contributed by atoms with van der Waals surface area (Å²) < 4.78 is 21.6. The fourth-order valence-corrected chi connectivity index (χ4v) is 2.82. The van der Waals surface area contributed by atoms with Gasteiger partial charge in [0.15, 0.2) is 17.3 Å². The van der Waals surface area contributed by atoms with Gasteiger partial charge >= 0.3 is 0 Å². The molecule has 2 amide bonds. The first kappa shape index (κ1) is 18.9. The maximum atomic E-state index is 12.6. The molecule has 4 heterocycles. The van der Waals surface area contributed by atoms with Gasteiger partial charge in [0, 0.05) is 0 Å². The maximum Gasteiger partial charge on any atom is 0.287 e. The largest absolute Gasteiger partial charge is 0.464 e. The van der Waals surface area contributed by atoms with Gasteiger partial charge in [0.25, 0.3) is 5.91 Å². The number of hydrogen-bond donors (Lipinski definition) is 2. The fraction of sp³-hybridized carbons (Fsp3) is 0.0952. The molecule has 0 bridgehead atoms. The van der Waals surface area contributed by atoms with Gasteiger partial charge in [-0.25, -0.2) is 0 Å². The van der Waals surface area contributed by atoms with Crippen LogP contribution in [-0.4, -0.2) is 17.9 Å². The smallest absolute Gasteiger partial charge is 0.287 e. The van der Waals surface area contributed by atoms with E-state index in [1.165, 1.54) is 31.8 Å². The molecule has 0 radical (unpaired) electrons. The quantitative estimate of drug-likeness (QED) is 0.494. The molecule has 30 heavy (non-hydrogen) atoms. The molecule has 0 aromatic carbocycles. The van der Waals surface area contributed by atoms with E-state index in [4.69, 9.17) is 17.7 Å². The van der Waals surface area contributed by atoms with Crippen molar-refractivity contribution in [2.75, 3.05) is 5.32 Å². The Morgan fingerprint density at radius 2 is 1.67 bits per heavy atom. The van der Waals surface area contributed by atoms with Crippen molar-refractivity contribution in [3.8, 4) is 28.9 Å². The topological polar surface area (TPSA) is 135 Å². The second kappa shape index (κ2) is 7.89. The lowest BCUT2D eigenvalue weighted by atomic mass is 10.1. The molecule has 0 unspecified atom stereocenters. The van der Waals surface area contributed by atoms with Crippen molar-refractivity contribution >= 4 is 17.7 Å². The SMILES string of the molecule is C[C@H](NC(=O)c1ccco1)C(=O)Nc1oc(-c2ccco2)c(-c2ccco2)c1C#N. The molecule has 0 aliphatic carbocycles. The Kier molecular flexibility index (Phi) is 4.97. The minimum atomic E-state index is -0.932. The third-order valence-corrected chi connectivity index (χ3v) is 4.26. The molecule has 2 N–H and O–H groups in total. The molecule has 4 rings (SSSR count). The molecule has 4 aromatic heterocycles. The minimum Gasteiger partial charge on any atom is -0.464 e. The van der Waals surface area contributed by atoms with Gasteiger partial charge < -0.3 is 23.0 Å². The zero-order valence-electron chi connectivity index (χ0n) is 15.7. The van der Waals surface area contributed by atoms with Crippen LogP contribution in [0.1, 0.15) is 23.0 Å². The third-order valence-electron chi connectivity index (χ3n) is 4.26. The number of anilines is 1. The van der Waals surface area contributed by atoms with Gasteiger partial charge in [-0.15, -0.1) is 0 Å². The van der Waals surface area contributed by atoms with Crippen LogP contribution in [0.25, 0.3) is 22.8 Å². The van der Waals surface area contributed by atoms with Gasteiger partial charge in [-0.1, -0.05) is 0 Å². The molecule has 0 fully saturated rings. The zero-order chi connectivity index (χ0) is 21.1. The molecule has 0 saturated heterocycles. The Bertz CT molecular complexity index is 1190. The average molecular weight is 405 g/mol. The summed E-state index contributed by atoms with van der Waals surface area (Å²) in [5.74, 6) is -0.176. The Labute approximate surface area is 169 Å². The first-order chi connectivity index (χ1) is 14.6. The molecule has 150 valence electrons. The Balaban J connectivity index is 1.63. The van der Waals surface area contributed by atoms with Crippen LogP contribution in [0.3, 0.4) is 0 Å². The van der Waals surface area contributed by atoms with E-state index in [-0.39, 0.29) is 23.0 Å². The fourth-order valence-electron chi connectivity index (χ4n) is 2.82.